The third-order valence-corrected chi connectivity index (χ3v) is 1.92. The van der Waals surface area contributed by atoms with E-state index in [0.717, 1.165) is 11.4 Å². The minimum atomic E-state index is 0.714. The molecule has 3 nitrogen and oxygen atoms in total. The van der Waals surface area contributed by atoms with Crippen LogP contribution in [0.4, 0.5) is 0 Å². The smallest absolute Gasteiger partial charge is 0.221 e. The molecule has 2 rings (SSSR count). The van der Waals surface area contributed by atoms with Gasteiger partial charge in [0.2, 0.25) is 5.88 Å². The van der Waals surface area contributed by atoms with Crippen molar-refractivity contribution in [2.75, 3.05) is 0 Å². The molecule has 0 radical (unpaired) electrons. The summed E-state index contributed by atoms with van der Waals surface area (Å²) < 4.78 is 7.71. The van der Waals surface area contributed by atoms with E-state index in [4.69, 9.17) is 4.42 Å². The van der Waals surface area contributed by atoms with Gasteiger partial charge in [0.15, 0.2) is 4.67 Å². The Morgan fingerprint density at radius 3 is 2.83 bits per heavy atom. The number of halogens is 1. The Morgan fingerprint density at radius 1 is 1.50 bits per heavy atom. The molecular formula is C8H7BrN2O. The molecule has 0 saturated heterocycles. The number of furan rings is 1. The summed E-state index contributed by atoms with van der Waals surface area (Å²) in [6.45, 7) is 1.99. The van der Waals surface area contributed by atoms with Crippen LogP contribution in [0.1, 0.15) is 5.56 Å². The van der Waals surface area contributed by atoms with Crippen molar-refractivity contribution >= 4 is 15.9 Å². The lowest BCUT2D eigenvalue weighted by atomic mass is 10.4. The number of aryl methyl sites for hydroxylation is 1. The predicted molar refractivity (Wildman–Crippen MR) is 48.3 cm³/mol. The summed E-state index contributed by atoms with van der Waals surface area (Å²) >= 11 is 3.23. The quantitative estimate of drug-likeness (QED) is 0.749. The van der Waals surface area contributed by atoms with Crippen LogP contribution in [0.2, 0.25) is 0 Å². The topological polar surface area (TPSA) is 31.0 Å². The van der Waals surface area contributed by atoms with Crippen LogP contribution in [-0.4, -0.2) is 9.78 Å². The minimum Gasteiger partial charge on any atom is -0.432 e. The van der Waals surface area contributed by atoms with Crippen LogP contribution in [0, 0.1) is 6.92 Å². The molecule has 0 amide bonds. The summed E-state index contributed by atoms with van der Waals surface area (Å²) in [7, 11) is 0. The third-order valence-electron chi connectivity index (χ3n) is 1.50. The first-order valence-corrected chi connectivity index (χ1v) is 4.32. The SMILES string of the molecule is Cc1cnn(-c2ccc(Br)o2)c1. The molecule has 0 spiro atoms. The highest BCUT2D eigenvalue weighted by Gasteiger charge is 2.01. The average Bonchev–Trinajstić information content (AvgIpc) is 2.58. The first kappa shape index (κ1) is 7.61. The van der Waals surface area contributed by atoms with E-state index in [1.807, 2.05) is 25.3 Å². The van der Waals surface area contributed by atoms with Gasteiger partial charge in [0.1, 0.15) is 0 Å². The Kier molecular flexibility index (Phi) is 1.77. The molecule has 12 heavy (non-hydrogen) atoms. The van der Waals surface area contributed by atoms with E-state index >= 15 is 0 Å². The number of hydrogen-bond acceptors (Lipinski definition) is 2. The Hall–Kier alpha value is -1.03. The van der Waals surface area contributed by atoms with Crippen molar-refractivity contribution in [2.45, 2.75) is 6.92 Å². The Balaban J connectivity index is 2.43. The van der Waals surface area contributed by atoms with Crippen molar-refractivity contribution in [2.24, 2.45) is 0 Å². The molecule has 0 fully saturated rings. The van der Waals surface area contributed by atoms with Crippen molar-refractivity contribution in [3.8, 4) is 5.88 Å². The van der Waals surface area contributed by atoms with Gasteiger partial charge in [-0.1, -0.05) is 0 Å². The lowest BCUT2D eigenvalue weighted by Crippen LogP contribution is -1.90. The molecule has 0 saturated carbocycles. The highest BCUT2D eigenvalue weighted by molar-refractivity contribution is 9.10. The van der Waals surface area contributed by atoms with E-state index in [1.165, 1.54) is 0 Å². The number of rotatable bonds is 1. The fourth-order valence-electron chi connectivity index (χ4n) is 0.961. The molecular weight excluding hydrogens is 220 g/mol. The summed E-state index contributed by atoms with van der Waals surface area (Å²) in [6, 6.07) is 3.70. The molecule has 0 N–H and O–H groups in total. The van der Waals surface area contributed by atoms with Crippen LogP contribution in [-0.2, 0) is 0 Å². The number of nitrogens with zero attached hydrogens (tertiary/aromatic N) is 2. The lowest BCUT2D eigenvalue weighted by Gasteiger charge is -1.92. The van der Waals surface area contributed by atoms with Crippen LogP contribution in [0.3, 0.4) is 0 Å². The fourth-order valence-corrected chi connectivity index (χ4v) is 1.26. The number of hydrogen-bond donors (Lipinski definition) is 0. The second kappa shape index (κ2) is 2.79. The highest BCUT2D eigenvalue weighted by Crippen LogP contribution is 2.17. The first-order chi connectivity index (χ1) is 5.75. The summed E-state index contributed by atoms with van der Waals surface area (Å²) in [6.07, 6.45) is 3.70. The van der Waals surface area contributed by atoms with Gasteiger partial charge in [0.05, 0.1) is 6.20 Å². The van der Waals surface area contributed by atoms with E-state index in [2.05, 4.69) is 21.0 Å². The molecule has 2 aromatic rings. The minimum absolute atomic E-state index is 0.714. The van der Waals surface area contributed by atoms with Crippen molar-refractivity contribution in [3.63, 3.8) is 0 Å². The first-order valence-electron chi connectivity index (χ1n) is 3.53. The van der Waals surface area contributed by atoms with Crippen molar-refractivity contribution in [3.05, 3.63) is 34.8 Å². The van der Waals surface area contributed by atoms with Crippen LogP contribution in [0.25, 0.3) is 5.88 Å². The van der Waals surface area contributed by atoms with Gasteiger partial charge in [-0.3, -0.25) is 0 Å². The maximum Gasteiger partial charge on any atom is 0.221 e. The Morgan fingerprint density at radius 2 is 2.33 bits per heavy atom. The molecule has 4 heteroatoms. The zero-order chi connectivity index (χ0) is 8.55. The molecule has 0 unspecified atom stereocenters. The predicted octanol–water partition coefficient (Wildman–Crippen LogP) is 2.54. The van der Waals surface area contributed by atoms with Crippen molar-refractivity contribution in [1.29, 1.82) is 0 Å². The van der Waals surface area contributed by atoms with Crippen molar-refractivity contribution < 1.29 is 4.42 Å². The average molecular weight is 227 g/mol. The summed E-state index contributed by atoms with van der Waals surface area (Å²) in [5.41, 5.74) is 1.11. The zero-order valence-electron chi connectivity index (χ0n) is 6.49. The summed E-state index contributed by atoms with van der Waals surface area (Å²) in [5, 5.41) is 4.10. The van der Waals surface area contributed by atoms with Crippen LogP contribution >= 0.6 is 15.9 Å². The lowest BCUT2D eigenvalue weighted by molar-refractivity contribution is 0.501. The summed E-state index contributed by atoms with van der Waals surface area (Å²) in [5.74, 6) is 0.718. The largest absolute Gasteiger partial charge is 0.432 e. The maximum atomic E-state index is 5.30. The molecule has 0 bridgehead atoms. The molecule has 0 aromatic carbocycles. The number of aromatic nitrogens is 2. The normalized spacial score (nSPS) is 10.5. The molecule has 0 aliphatic carbocycles. The van der Waals surface area contributed by atoms with E-state index in [9.17, 15) is 0 Å². The van der Waals surface area contributed by atoms with E-state index in [1.54, 1.807) is 10.9 Å². The zero-order valence-corrected chi connectivity index (χ0v) is 8.08. The molecule has 2 aromatic heterocycles. The van der Waals surface area contributed by atoms with Crippen LogP contribution in [0.15, 0.2) is 33.6 Å². The highest BCUT2D eigenvalue weighted by atomic mass is 79.9. The van der Waals surface area contributed by atoms with Gasteiger partial charge < -0.3 is 4.42 Å². The monoisotopic (exact) mass is 226 g/mol. The molecule has 0 aliphatic heterocycles. The molecule has 0 atom stereocenters. The van der Waals surface area contributed by atoms with E-state index < -0.39 is 0 Å². The van der Waals surface area contributed by atoms with Gasteiger partial charge in [-0.25, -0.2) is 4.68 Å². The van der Waals surface area contributed by atoms with Gasteiger partial charge in [-0.15, -0.1) is 0 Å². The molecule has 62 valence electrons. The molecule has 0 aliphatic rings. The third kappa shape index (κ3) is 1.30. The van der Waals surface area contributed by atoms with E-state index in [0.29, 0.717) is 4.67 Å². The van der Waals surface area contributed by atoms with Gasteiger partial charge >= 0.3 is 0 Å². The van der Waals surface area contributed by atoms with Gasteiger partial charge in [0.25, 0.3) is 0 Å². The second-order valence-corrected chi connectivity index (χ2v) is 3.32. The summed E-state index contributed by atoms with van der Waals surface area (Å²) in [4.78, 5) is 0. The second-order valence-electron chi connectivity index (χ2n) is 2.54. The van der Waals surface area contributed by atoms with Gasteiger partial charge in [-0.05, 0) is 34.5 Å². The molecule has 2 heterocycles. The standard InChI is InChI=1S/C8H7BrN2O/c1-6-4-10-11(5-6)8-3-2-7(9)12-8/h2-5H,1H3. The Labute approximate surface area is 78.1 Å². The fraction of sp³-hybridized carbons (Fsp3) is 0.125. The van der Waals surface area contributed by atoms with Crippen LogP contribution in [0.5, 0.6) is 0 Å². The van der Waals surface area contributed by atoms with Gasteiger partial charge in [-0.2, -0.15) is 5.10 Å². The van der Waals surface area contributed by atoms with Crippen molar-refractivity contribution in [1.82, 2.24) is 9.78 Å². The maximum absolute atomic E-state index is 5.30. The van der Waals surface area contributed by atoms with Gasteiger partial charge in [0, 0.05) is 12.3 Å². The van der Waals surface area contributed by atoms with Crippen LogP contribution < -0.4 is 0 Å². The Bertz CT molecular complexity index is 353. The van der Waals surface area contributed by atoms with E-state index in [-0.39, 0.29) is 0 Å².